The molecule has 9 aromatic rings. The van der Waals surface area contributed by atoms with Crippen molar-refractivity contribution < 1.29 is 36.9 Å². The molecule has 5 nitrogen and oxygen atoms in total. The third-order valence-electron chi connectivity index (χ3n) is 10.7. The van der Waals surface area contributed by atoms with Crippen LogP contribution >= 0.6 is 0 Å². The normalized spacial score (nSPS) is 14.5. The van der Waals surface area contributed by atoms with Crippen molar-refractivity contribution in [1.82, 2.24) is 19.5 Å². The standard InChI is InChI=1S/C38H34N3O.C15H18NSi.Ir/c1-22(2)30-20-27(26-12-8-7-9-13-26)21-31(23(3)4)36(30)41-35-25(6)39-19-18-32(35)40-38(41)29-17-16-24(5)34-28-14-10-11-15-33(28)42-37(29)34;1-12-5-7-13(8-6-12)15-10-9-14(11-16-15)17(2,3)4;/h7-16,18-23H,1-6H3;5-7,9-11H,1-4H3;/q2*-1;/i5D3,6D3;1D3;. The summed E-state index contributed by atoms with van der Waals surface area (Å²) in [6.45, 7) is 8.26. The van der Waals surface area contributed by atoms with E-state index in [2.05, 4.69) is 99.8 Å². The molecule has 4 heterocycles. The monoisotopic (exact) mass is 990 g/mol. The number of imidazole rings is 1. The number of nitrogens with zero attached hydrogens (tertiary/aromatic N) is 4. The maximum absolute atomic E-state index is 8.49. The number of fused-ring (bicyclic) bond motifs is 4. The summed E-state index contributed by atoms with van der Waals surface area (Å²) in [4.78, 5) is 13.9. The van der Waals surface area contributed by atoms with Crippen molar-refractivity contribution in [3.8, 4) is 39.5 Å². The van der Waals surface area contributed by atoms with Gasteiger partial charge in [-0.15, -0.1) is 53.1 Å². The number of rotatable bonds is 7. The van der Waals surface area contributed by atoms with Gasteiger partial charge in [-0.1, -0.05) is 133 Å². The number of aromatic nitrogens is 4. The van der Waals surface area contributed by atoms with Gasteiger partial charge in [-0.2, -0.15) is 0 Å². The van der Waals surface area contributed by atoms with Gasteiger partial charge in [0, 0.05) is 55.9 Å². The second-order valence-electron chi connectivity index (χ2n) is 16.5. The summed E-state index contributed by atoms with van der Waals surface area (Å²) in [5, 5.41) is 2.43. The fourth-order valence-corrected chi connectivity index (χ4v) is 8.58. The van der Waals surface area contributed by atoms with Crippen LogP contribution in [0.4, 0.5) is 0 Å². The minimum Gasteiger partial charge on any atom is -0.501 e. The summed E-state index contributed by atoms with van der Waals surface area (Å²) in [6, 6.07) is 40.3. The molecule has 9 rings (SSSR count). The molecule has 0 fully saturated rings. The molecule has 0 saturated heterocycles. The van der Waals surface area contributed by atoms with Gasteiger partial charge in [0.2, 0.25) is 0 Å². The van der Waals surface area contributed by atoms with Gasteiger partial charge >= 0.3 is 0 Å². The Balaban J connectivity index is 0.000000281. The topological polar surface area (TPSA) is 56.7 Å². The van der Waals surface area contributed by atoms with Crippen molar-refractivity contribution in [1.29, 1.82) is 0 Å². The van der Waals surface area contributed by atoms with E-state index in [1.54, 1.807) is 24.3 Å². The van der Waals surface area contributed by atoms with Gasteiger partial charge in [0.25, 0.3) is 0 Å². The first-order valence-corrected chi connectivity index (χ1v) is 23.4. The summed E-state index contributed by atoms with van der Waals surface area (Å²) >= 11 is 0. The first-order valence-electron chi connectivity index (χ1n) is 24.4. The van der Waals surface area contributed by atoms with E-state index in [0.717, 1.165) is 39.2 Å². The smallest absolute Gasteiger partial charge is 0.120 e. The van der Waals surface area contributed by atoms with Crippen molar-refractivity contribution in [2.45, 2.75) is 79.7 Å². The summed E-state index contributed by atoms with van der Waals surface area (Å²) in [5.74, 6) is 0.459. The number of aryl methyl sites for hydroxylation is 3. The molecule has 0 unspecified atom stereocenters. The zero-order chi connectivity index (χ0) is 49.1. The van der Waals surface area contributed by atoms with Crippen LogP contribution in [-0.2, 0) is 20.1 Å². The van der Waals surface area contributed by atoms with Crippen LogP contribution in [-0.4, -0.2) is 27.6 Å². The first-order chi connectivity index (χ1) is 31.9. The quantitative estimate of drug-likeness (QED) is 0.118. The second kappa shape index (κ2) is 17.3. The third-order valence-corrected chi connectivity index (χ3v) is 12.7. The predicted molar refractivity (Wildman–Crippen MR) is 250 cm³/mol. The Morgan fingerprint density at radius 3 is 2.13 bits per heavy atom. The molecule has 0 aliphatic heterocycles. The minimum atomic E-state index is -2.54. The van der Waals surface area contributed by atoms with Crippen molar-refractivity contribution in [2.75, 3.05) is 0 Å². The molecule has 5 aromatic carbocycles. The number of furan rings is 1. The van der Waals surface area contributed by atoms with Crippen LogP contribution in [0.25, 0.3) is 72.4 Å². The number of hydrogen-bond acceptors (Lipinski definition) is 4. The van der Waals surface area contributed by atoms with Gasteiger partial charge in [0.15, 0.2) is 0 Å². The SMILES string of the molecule is [2H]C([2H])([2H])c1c[c-]c(-c2ccc([Si](C)(C)C)cn2)cc1.[2H]C([2H])([2H])c1c[c-]c(-c2nc3ccnc(C([2H])([2H])[2H])c3n2-c2c(C(C)C)cc(-c3ccccc3)cc2C(C)C)c2oc3ccccc3c12.[Ir]. The zero-order valence-electron chi connectivity index (χ0n) is 43.7. The van der Waals surface area contributed by atoms with Crippen LogP contribution < -0.4 is 5.19 Å². The molecular formula is C53H52IrN4OSi-2. The van der Waals surface area contributed by atoms with E-state index in [0.29, 0.717) is 49.9 Å². The fraction of sp³-hybridized carbons (Fsp3) is 0.226. The summed E-state index contributed by atoms with van der Waals surface area (Å²) in [7, 11) is -1.34. The second-order valence-corrected chi connectivity index (χ2v) is 21.6. The molecule has 0 bridgehead atoms. The van der Waals surface area contributed by atoms with Crippen molar-refractivity contribution in [3.05, 3.63) is 162 Å². The Bertz CT molecular complexity index is 3190. The van der Waals surface area contributed by atoms with E-state index < -0.39 is 28.6 Å². The number of para-hydroxylation sites is 1. The Morgan fingerprint density at radius 2 is 1.50 bits per heavy atom. The molecule has 0 N–H and O–H groups in total. The summed E-state index contributed by atoms with van der Waals surface area (Å²) in [6.07, 6.45) is 3.39. The van der Waals surface area contributed by atoms with Crippen LogP contribution in [0.3, 0.4) is 0 Å². The van der Waals surface area contributed by atoms with Gasteiger partial charge in [-0.05, 0) is 76.1 Å². The van der Waals surface area contributed by atoms with E-state index in [1.807, 2.05) is 53.2 Å². The molecule has 4 aromatic heterocycles. The number of benzene rings is 5. The summed E-state index contributed by atoms with van der Waals surface area (Å²) < 4.78 is 80.8. The van der Waals surface area contributed by atoms with Crippen LogP contribution in [0, 0.1) is 32.7 Å². The molecule has 0 saturated carbocycles. The Labute approximate surface area is 382 Å². The molecular weight excluding hydrogens is 929 g/mol. The molecule has 60 heavy (non-hydrogen) atoms. The number of hydrogen-bond donors (Lipinski definition) is 0. The average molecular weight is 990 g/mol. The minimum absolute atomic E-state index is 0. The maximum Gasteiger partial charge on any atom is 0.120 e. The van der Waals surface area contributed by atoms with Crippen LogP contribution in [0.15, 0.2) is 126 Å². The summed E-state index contributed by atoms with van der Waals surface area (Å²) in [5.41, 5.74) is 9.03. The van der Waals surface area contributed by atoms with Crippen molar-refractivity contribution >= 4 is 46.2 Å². The Kier molecular flexibility index (Phi) is 9.30. The Hall–Kier alpha value is -5.46. The molecule has 0 aliphatic carbocycles. The van der Waals surface area contributed by atoms with Crippen LogP contribution in [0.1, 0.15) is 79.8 Å². The van der Waals surface area contributed by atoms with Gasteiger partial charge in [0.05, 0.1) is 36.2 Å². The van der Waals surface area contributed by atoms with Crippen molar-refractivity contribution in [2.24, 2.45) is 0 Å². The van der Waals surface area contributed by atoms with Gasteiger partial charge < -0.3 is 14.0 Å². The molecule has 7 heteroatoms. The van der Waals surface area contributed by atoms with Crippen LogP contribution in [0.5, 0.6) is 0 Å². The molecule has 0 atom stereocenters. The number of pyridine rings is 2. The van der Waals surface area contributed by atoms with Gasteiger partial charge in [-0.3, -0.25) is 9.97 Å². The molecule has 305 valence electrons. The van der Waals surface area contributed by atoms with Crippen molar-refractivity contribution in [3.63, 3.8) is 0 Å². The third kappa shape index (κ3) is 8.19. The first kappa shape index (κ1) is 32.3. The largest absolute Gasteiger partial charge is 0.501 e. The van der Waals surface area contributed by atoms with E-state index in [4.69, 9.17) is 21.7 Å². The van der Waals surface area contributed by atoms with Gasteiger partial charge in [-0.25, -0.2) is 0 Å². The maximum atomic E-state index is 8.49. The van der Waals surface area contributed by atoms with Crippen LogP contribution in [0.2, 0.25) is 19.6 Å². The van der Waals surface area contributed by atoms with E-state index in [9.17, 15) is 0 Å². The molecule has 0 amide bonds. The van der Waals surface area contributed by atoms with E-state index in [-0.39, 0.29) is 43.2 Å². The predicted octanol–water partition coefficient (Wildman–Crippen LogP) is 13.7. The fourth-order valence-electron chi connectivity index (χ4n) is 7.54. The zero-order valence-corrected chi connectivity index (χ0v) is 38.1. The van der Waals surface area contributed by atoms with E-state index >= 15 is 0 Å². The molecule has 0 spiro atoms. The molecule has 1 radical (unpaired) electrons. The van der Waals surface area contributed by atoms with Gasteiger partial charge in [0.1, 0.15) is 5.58 Å². The Morgan fingerprint density at radius 1 is 0.750 bits per heavy atom. The van der Waals surface area contributed by atoms with E-state index in [1.165, 1.54) is 23.5 Å². The molecule has 0 aliphatic rings. The average Bonchev–Trinajstić information content (AvgIpc) is 3.87.